The van der Waals surface area contributed by atoms with E-state index in [1.54, 1.807) is 0 Å². The number of nitrogens with one attached hydrogen (secondary N) is 1. The van der Waals surface area contributed by atoms with Gasteiger partial charge in [0.25, 0.3) is 0 Å². The Labute approximate surface area is 110 Å². The van der Waals surface area contributed by atoms with Crippen LogP contribution < -0.4 is 5.32 Å². The predicted octanol–water partition coefficient (Wildman–Crippen LogP) is 3.14. The summed E-state index contributed by atoms with van der Waals surface area (Å²) in [5, 5.41) is 3.73. The number of aromatic nitrogens is 1. The Bertz CT molecular complexity index is 383. The van der Waals surface area contributed by atoms with E-state index in [1.165, 1.54) is 31.2 Å². The second-order valence-corrected chi connectivity index (χ2v) is 6.59. The lowest BCUT2D eigenvalue weighted by Crippen LogP contribution is -2.50. The first-order valence-corrected chi connectivity index (χ1v) is 7.33. The van der Waals surface area contributed by atoms with Crippen molar-refractivity contribution >= 4 is 0 Å². The largest absolute Gasteiger partial charge is 0.313 e. The summed E-state index contributed by atoms with van der Waals surface area (Å²) in [5.41, 5.74) is 1.81. The molecular formula is C16H24N2. The van der Waals surface area contributed by atoms with Crippen molar-refractivity contribution in [2.75, 3.05) is 6.54 Å². The molecule has 0 saturated heterocycles. The van der Waals surface area contributed by atoms with E-state index >= 15 is 0 Å². The van der Waals surface area contributed by atoms with Crippen LogP contribution in [0.1, 0.15) is 45.1 Å². The topological polar surface area (TPSA) is 24.9 Å². The van der Waals surface area contributed by atoms with E-state index in [4.69, 9.17) is 0 Å². The smallest absolute Gasteiger partial charge is 0.0306 e. The van der Waals surface area contributed by atoms with Crippen LogP contribution in [0.25, 0.3) is 0 Å². The third kappa shape index (κ3) is 2.31. The van der Waals surface area contributed by atoms with Gasteiger partial charge in [0.1, 0.15) is 0 Å². The highest BCUT2D eigenvalue weighted by atomic mass is 15.0. The van der Waals surface area contributed by atoms with Gasteiger partial charge < -0.3 is 5.32 Å². The summed E-state index contributed by atoms with van der Waals surface area (Å²) in [6.45, 7) is 5.85. The lowest BCUT2D eigenvalue weighted by Gasteiger charge is -2.50. The summed E-state index contributed by atoms with van der Waals surface area (Å²) < 4.78 is 0. The Morgan fingerprint density at radius 3 is 2.72 bits per heavy atom. The summed E-state index contributed by atoms with van der Waals surface area (Å²) >= 11 is 0. The van der Waals surface area contributed by atoms with Crippen LogP contribution in [0.5, 0.6) is 0 Å². The molecule has 0 aromatic carbocycles. The van der Waals surface area contributed by atoms with Crippen molar-refractivity contribution in [3.8, 4) is 0 Å². The van der Waals surface area contributed by atoms with Gasteiger partial charge in [0, 0.05) is 30.4 Å². The third-order valence-electron chi connectivity index (χ3n) is 4.83. The maximum absolute atomic E-state index is 4.32. The molecule has 0 aliphatic heterocycles. The average Bonchev–Trinajstić information content (AvgIpc) is 3.12. The Balaban J connectivity index is 1.72. The average molecular weight is 244 g/mol. The zero-order valence-corrected chi connectivity index (χ0v) is 11.5. The van der Waals surface area contributed by atoms with E-state index in [9.17, 15) is 0 Å². The minimum Gasteiger partial charge on any atom is -0.313 e. The van der Waals surface area contributed by atoms with E-state index in [1.807, 2.05) is 6.20 Å². The second-order valence-electron chi connectivity index (χ2n) is 6.59. The Morgan fingerprint density at radius 1 is 1.39 bits per heavy atom. The van der Waals surface area contributed by atoms with E-state index in [0.29, 0.717) is 5.41 Å². The molecule has 1 aromatic rings. The molecule has 2 nitrogen and oxygen atoms in total. The standard InChI is InChI=1S/C16H24N2/c1-12(2)13-8-16(9-13,11-18-15-5-6-15)14-4-3-7-17-10-14/h3-4,7,10,12-13,15,18H,5-6,8-9,11H2,1-2H3. The Hall–Kier alpha value is -0.890. The molecule has 1 aromatic heterocycles. The Kier molecular flexibility index (Phi) is 3.14. The lowest BCUT2D eigenvalue weighted by molar-refractivity contribution is 0.0970. The molecule has 0 unspecified atom stereocenters. The summed E-state index contributed by atoms with van der Waals surface area (Å²) in [6, 6.07) is 5.14. The fourth-order valence-corrected chi connectivity index (χ4v) is 3.20. The molecule has 0 spiro atoms. The van der Waals surface area contributed by atoms with Gasteiger partial charge in [0.15, 0.2) is 0 Å². The molecule has 0 amide bonds. The summed E-state index contributed by atoms with van der Waals surface area (Å²) in [5.74, 6) is 1.71. The van der Waals surface area contributed by atoms with Crippen molar-refractivity contribution in [3.05, 3.63) is 30.1 Å². The summed E-state index contributed by atoms with van der Waals surface area (Å²) in [7, 11) is 0. The maximum atomic E-state index is 4.32. The van der Waals surface area contributed by atoms with E-state index in [0.717, 1.165) is 24.4 Å². The quantitative estimate of drug-likeness (QED) is 0.860. The fraction of sp³-hybridized carbons (Fsp3) is 0.688. The number of nitrogens with zero attached hydrogens (tertiary/aromatic N) is 1. The minimum absolute atomic E-state index is 0.367. The molecule has 2 fully saturated rings. The van der Waals surface area contributed by atoms with Crippen LogP contribution in [0.2, 0.25) is 0 Å². The SMILES string of the molecule is CC(C)C1CC(CNC2CC2)(c2cccnc2)C1. The van der Waals surface area contributed by atoms with Crippen molar-refractivity contribution in [2.24, 2.45) is 11.8 Å². The van der Waals surface area contributed by atoms with Gasteiger partial charge in [0.2, 0.25) is 0 Å². The number of hydrogen-bond donors (Lipinski definition) is 1. The van der Waals surface area contributed by atoms with E-state index in [-0.39, 0.29) is 0 Å². The van der Waals surface area contributed by atoms with Crippen molar-refractivity contribution in [2.45, 2.75) is 51.0 Å². The summed E-state index contributed by atoms with van der Waals surface area (Å²) in [4.78, 5) is 4.32. The molecule has 2 aliphatic rings. The minimum atomic E-state index is 0.367. The monoisotopic (exact) mass is 244 g/mol. The number of hydrogen-bond acceptors (Lipinski definition) is 2. The second kappa shape index (κ2) is 4.65. The fourth-order valence-electron chi connectivity index (χ4n) is 3.20. The van der Waals surface area contributed by atoms with Gasteiger partial charge in [-0.05, 0) is 49.1 Å². The molecule has 98 valence electrons. The van der Waals surface area contributed by atoms with Crippen molar-refractivity contribution < 1.29 is 0 Å². The molecule has 2 saturated carbocycles. The normalized spacial score (nSPS) is 31.4. The van der Waals surface area contributed by atoms with E-state index < -0.39 is 0 Å². The van der Waals surface area contributed by atoms with E-state index in [2.05, 4.69) is 42.5 Å². The zero-order chi connectivity index (χ0) is 12.6. The van der Waals surface area contributed by atoms with Crippen LogP contribution in [0.4, 0.5) is 0 Å². The molecule has 0 atom stereocenters. The molecule has 0 bridgehead atoms. The maximum Gasteiger partial charge on any atom is 0.0306 e. The van der Waals surface area contributed by atoms with Crippen LogP contribution in [0.15, 0.2) is 24.5 Å². The van der Waals surface area contributed by atoms with Gasteiger partial charge in [-0.2, -0.15) is 0 Å². The van der Waals surface area contributed by atoms with Gasteiger partial charge in [-0.1, -0.05) is 19.9 Å². The first kappa shape index (κ1) is 12.2. The molecule has 2 aliphatic carbocycles. The van der Waals surface area contributed by atoms with Crippen LogP contribution >= 0.6 is 0 Å². The van der Waals surface area contributed by atoms with Crippen LogP contribution in [-0.2, 0) is 5.41 Å². The van der Waals surface area contributed by atoms with Crippen molar-refractivity contribution in [1.82, 2.24) is 10.3 Å². The molecule has 2 heteroatoms. The van der Waals surface area contributed by atoms with Crippen LogP contribution in [0, 0.1) is 11.8 Å². The number of pyridine rings is 1. The van der Waals surface area contributed by atoms with Crippen LogP contribution in [0.3, 0.4) is 0 Å². The number of rotatable bonds is 5. The molecule has 3 rings (SSSR count). The highest BCUT2D eigenvalue weighted by Gasteiger charge is 2.46. The van der Waals surface area contributed by atoms with Gasteiger partial charge in [-0.25, -0.2) is 0 Å². The lowest BCUT2D eigenvalue weighted by atomic mass is 9.56. The van der Waals surface area contributed by atoms with Gasteiger partial charge >= 0.3 is 0 Å². The molecular weight excluding hydrogens is 220 g/mol. The van der Waals surface area contributed by atoms with Gasteiger partial charge in [-0.3, -0.25) is 4.98 Å². The Morgan fingerprint density at radius 2 is 2.17 bits per heavy atom. The van der Waals surface area contributed by atoms with Gasteiger partial charge in [0.05, 0.1) is 0 Å². The van der Waals surface area contributed by atoms with Crippen molar-refractivity contribution in [3.63, 3.8) is 0 Å². The molecule has 1 N–H and O–H groups in total. The zero-order valence-electron chi connectivity index (χ0n) is 11.5. The first-order valence-electron chi connectivity index (χ1n) is 7.33. The first-order chi connectivity index (χ1) is 8.70. The predicted molar refractivity (Wildman–Crippen MR) is 74.5 cm³/mol. The summed E-state index contributed by atoms with van der Waals surface area (Å²) in [6.07, 6.45) is 9.36. The van der Waals surface area contributed by atoms with Gasteiger partial charge in [-0.15, -0.1) is 0 Å². The molecule has 18 heavy (non-hydrogen) atoms. The van der Waals surface area contributed by atoms with Crippen LogP contribution in [-0.4, -0.2) is 17.6 Å². The highest BCUT2D eigenvalue weighted by Crippen LogP contribution is 2.50. The molecule has 0 radical (unpaired) electrons. The third-order valence-corrected chi connectivity index (χ3v) is 4.83. The molecule has 1 heterocycles. The highest BCUT2D eigenvalue weighted by molar-refractivity contribution is 5.27. The van der Waals surface area contributed by atoms with Crippen molar-refractivity contribution in [1.29, 1.82) is 0 Å².